The summed E-state index contributed by atoms with van der Waals surface area (Å²) in [5, 5.41) is 3.79. The largest absolute Gasteiger partial charge is 0.348 e. The highest BCUT2D eigenvalue weighted by Crippen LogP contribution is 2.40. The van der Waals surface area contributed by atoms with Crippen molar-refractivity contribution < 1.29 is 13.6 Å². The number of aryl methyl sites for hydroxylation is 1. The van der Waals surface area contributed by atoms with Crippen LogP contribution in [0, 0.1) is 25.7 Å². The summed E-state index contributed by atoms with van der Waals surface area (Å²) in [5.74, 6) is -0.280. The summed E-state index contributed by atoms with van der Waals surface area (Å²) in [6, 6.07) is 6.22. The maximum Gasteiger partial charge on any atom is 0.254 e. The molecule has 210 valence electrons. The van der Waals surface area contributed by atoms with Gasteiger partial charge in [-0.15, -0.1) is 11.8 Å². The molecule has 1 amide bonds. The van der Waals surface area contributed by atoms with Crippen molar-refractivity contribution in [2.75, 3.05) is 19.3 Å². The predicted octanol–water partition coefficient (Wildman–Crippen LogP) is 5.31. The number of aromatic nitrogens is 3. The fourth-order valence-corrected chi connectivity index (χ4v) is 7.21. The lowest BCUT2D eigenvalue weighted by Crippen LogP contribution is -2.55. The van der Waals surface area contributed by atoms with E-state index in [1.807, 2.05) is 38.3 Å². The van der Waals surface area contributed by atoms with Gasteiger partial charge in [-0.1, -0.05) is 0 Å². The first-order valence-electron chi connectivity index (χ1n) is 13.7. The predicted molar refractivity (Wildman–Crippen MR) is 151 cm³/mol. The molecule has 0 aromatic carbocycles. The number of hydrogen-bond acceptors (Lipinski definition) is 5. The topological polar surface area (TPSA) is 83.0 Å². The second kappa shape index (κ2) is 11.4. The standard InChI is InChI=1S/C29H37F2N5O2S/c1-16-12-24(39-4)23(28(37)34-16)13-33-29(38)25-18(3)36(27-22(25)6-5-11-32-27)17(2)19-7-9-21(10-8-19)35-14-20(15-35)26(30)31/h5-6,11-12,17,19-21,26H,7-10,13-15H2,1-4H3,(H,33,38)(H,34,37)/t17-,19?,21?/m1/s1. The Morgan fingerprint density at radius 3 is 2.59 bits per heavy atom. The van der Waals surface area contributed by atoms with Gasteiger partial charge >= 0.3 is 0 Å². The molecule has 0 spiro atoms. The first-order chi connectivity index (χ1) is 18.7. The van der Waals surface area contributed by atoms with Crippen LogP contribution in [-0.2, 0) is 6.54 Å². The summed E-state index contributed by atoms with van der Waals surface area (Å²) in [6.07, 6.45) is 5.50. The van der Waals surface area contributed by atoms with Crippen molar-refractivity contribution in [1.29, 1.82) is 0 Å². The van der Waals surface area contributed by atoms with Gasteiger partial charge in [0.05, 0.1) is 5.56 Å². The quantitative estimate of drug-likeness (QED) is 0.367. The molecular weight excluding hydrogens is 520 g/mol. The van der Waals surface area contributed by atoms with Gasteiger partial charge in [0.25, 0.3) is 11.5 Å². The van der Waals surface area contributed by atoms with Crippen LogP contribution in [0.5, 0.6) is 0 Å². The van der Waals surface area contributed by atoms with E-state index in [0.29, 0.717) is 36.2 Å². The highest BCUT2D eigenvalue weighted by molar-refractivity contribution is 7.98. The molecule has 1 atom stereocenters. The van der Waals surface area contributed by atoms with Crippen LogP contribution < -0.4 is 10.9 Å². The summed E-state index contributed by atoms with van der Waals surface area (Å²) < 4.78 is 28.0. The number of H-pyrrole nitrogens is 1. The first-order valence-corrected chi connectivity index (χ1v) is 14.9. The fourth-order valence-electron chi connectivity index (χ4n) is 6.50. The van der Waals surface area contributed by atoms with Crippen molar-refractivity contribution >= 4 is 28.7 Å². The number of carbonyl (C=O) groups is 1. The average Bonchev–Trinajstić information content (AvgIpc) is 3.18. The number of alkyl halides is 2. The Balaban J connectivity index is 1.33. The number of amides is 1. The molecule has 2 N–H and O–H groups in total. The summed E-state index contributed by atoms with van der Waals surface area (Å²) >= 11 is 1.49. The Bertz CT molecular complexity index is 1410. The summed E-state index contributed by atoms with van der Waals surface area (Å²) in [5.41, 5.74) is 3.39. The Labute approximate surface area is 231 Å². The molecule has 0 bridgehead atoms. The summed E-state index contributed by atoms with van der Waals surface area (Å²) in [6.45, 7) is 7.17. The van der Waals surface area contributed by atoms with Gasteiger partial charge < -0.3 is 14.9 Å². The number of carbonyl (C=O) groups excluding carboxylic acids is 1. The molecule has 3 aromatic rings. The van der Waals surface area contributed by atoms with Gasteiger partial charge in [0.2, 0.25) is 6.43 Å². The second-order valence-electron chi connectivity index (χ2n) is 11.1. The molecule has 0 radical (unpaired) electrons. The summed E-state index contributed by atoms with van der Waals surface area (Å²) in [4.78, 5) is 36.7. The zero-order valence-corrected chi connectivity index (χ0v) is 23.8. The first kappa shape index (κ1) is 27.8. The lowest BCUT2D eigenvalue weighted by Gasteiger charge is -2.47. The van der Waals surface area contributed by atoms with Gasteiger partial charge in [-0.3, -0.25) is 14.5 Å². The molecule has 39 heavy (non-hydrogen) atoms. The van der Waals surface area contributed by atoms with E-state index in [2.05, 4.69) is 31.7 Å². The van der Waals surface area contributed by atoms with Crippen LogP contribution in [0.3, 0.4) is 0 Å². The van der Waals surface area contributed by atoms with E-state index in [1.165, 1.54) is 11.8 Å². The number of fused-ring (bicyclic) bond motifs is 1. The molecule has 1 aliphatic carbocycles. The Kier molecular flexibility index (Phi) is 8.14. The number of pyridine rings is 2. The lowest BCUT2D eigenvalue weighted by molar-refractivity contribution is -0.0539. The maximum absolute atomic E-state index is 13.5. The maximum atomic E-state index is 13.5. The zero-order valence-electron chi connectivity index (χ0n) is 23.0. The highest BCUT2D eigenvalue weighted by Gasteiger charge is 2.39. The van der Waals surface area contributed by atoms with Crippen LogP contribution in [0.15, 0.2) is 34.1 Å². The highest BCUT2D eigenvalue weighted by atomic mass is 32.2. The average molecular weight is 558 g/mol. The number of halogens is 2. The van der Waals surface area contributed by atoms with E-state index >= 15 is 0 Å². The van der Waals surface area contributed by atoms with Crippen molar-refractivity contribution in [3.63, 3.8) is 0 Å². The van der Waals surface area contributed by atoms with E-state index in [4.69, 9.17) is 0 Å². The van der Waals surface area contributed by atoms with Crippen molar-refractivity contribution in [2.45, 2.75) is 76.4 Å². The number of hydrogen-bond donors (Lipinski definition) is 2. The number of likely N-dealkylation sites (tertiary alicyclic amines) is 1. The van der Waals surface area contributed by atoms with Crippen LogP contribution in [0.25, 0.3) is 11.0 Å². The number of nitrogens with one attached hydrogen (secondary N) is 2. The number of nitrogens with zero attached hydrogens (tertiary/aromatic N) is 3. The van der Waals surface area contributed by atoms with Gasteiger partial charge in [0.15, 0.2) is 0 Å². The van der Waals surface area contributed by atoms with Crippen LogP contribution >= 0.6 is 11.8 Å². The second-order valence-corrected chi connectivity index (χ2v) is 11.9. The zero-order chi connectivity index (χ0) is 27.8. The monoisotopic (exact) mass is 557 g/mol. The Morgan fingerprint density at radius 1 is 1.21 bits per heavy atom. The lowest BCUT2D eigenvalue weighted by atomic mass is 9.80. The fraction of sp³-hybridized carbons (Fsp3) is 0.552. The summed E-state index contributed by atoms with van der Waals surface area (Å²) in [7, 11) is 0. The Morgan fingerprint density at radius 2 is 1.92 bits per heavy atom. The van der Waals surface area contributed by atoms with Crippen molar-refractivity contribution in [3.8, 4) is 0 Å². The van der Waals surface area contributed by atoms with Gasteiger partial charge in [0, 0.05) is 71.1 Å². The normalized spacial score (nSPS) is 21.3. The van der Waals surface area contributed by atoms with Crippen LogP contribution in [0.2, 0.25) is 0 Å². The number of thioether (sulfide) groups is 1. The smallest absolute Gasteiger partial charge is 0.254 e. The number of rotatable bonds is 8. The minimum Gasteiger partial charge on any atom is -0.348 e. The molecule has 10 heteroatoms. The minimum absolute atomic E-state index is 0.137. The molecule has 2 fully saturated rings. The molecule has 5 rings (SSSR count). The van der Waals surface area contributed by atoms with Gasteiger partial charge in [-0.25, -0.2) is 13.8 Å². The van der Waals surface area contributed by atoms with E-state index in [9.17, 15) is 18.4 Å². The molecule has 0 unspecified atom stereocenters. The van der Waals surface area contributed by atoms with Gasteiger partial charge in [0.1, 0.15) is 5.65 Å². The molecular formula is C29H37F2N5O2S. The minimum atomic E-state index is -2.22. The van der Waals surface area contributed by atoms with E-state index in [1.54, 1.807) is 6.20 Å². The van der Waals surface area contributed by atoms with Crippen LogP contribution in [0.4, 0.5) is 8.78 Å². The molecule has 1 saturated heterocycles. The van der Waals surface area contributed by atoms with E-state index in [-0.39, 0.29) is 24.1 Å². The van der Waals surface area contributed by atoms with Crippen molar-refractivity contribution in [1.82, 2.24) is 24.8 Å². The molecule has 3 aromatic heterocycles. The SMILES string of the molecule is CSc1cc(C)[nH]c(=O)c1CNC(=O)c1c(C)n([C@H](C)C2CCC(N3CC(C(F)F)C3)CC2)c2ncccc12. The third kappa shape index (κ3) is 5.37. The molecule has 2 aliphatic rings. The number of aromatic amines is 1. The van der Waals surface area contributed by atoms with Gasteiger partial charge in [-0.2, -0.15) is 0 Å². The molecule has 1 saturated carbocycles. The van der Waals surface area contributed by atoms with Crippen molar-refractivity contribution in [2.24, 2.45) is 11.8 Å². The third-order valence-electron chi connectivity index (χ3n) is 8.75. The van der Waals surface area contributed by atoms with Gasteiger partial charge in [-0.05, 0) is 76.8 Å². The third-order valence-corrected chi connectivity index (χ3v) is 9.56. The van der Waals surface area contributed by atoms with Crippen molar-refractivity contribution in [3.05, 3.63) is 57.3 Å². The molecule has 4 heterocycles. The van der Waals surface area contributed by atoms with Crippen LogP contribution in [-0.4, -0.2) is 57.2 Å². The molecule has 7 nitrogen and oxygen atoms in total. The van der Waals surface area contributed by atoms with E-state index in [0.717, 1.165) is 53.0 Å². The molecule has 1 aliphatic heterocycles. The Hall–Kier alpha value is -2.72. The van der Waals surface area contributed by atoms with Crippen LogP contribution in [0.1, 0.15) is 66.0 Å². The van der Waals surface area contributed by atoms with E-state index < -0.39 is 12.3 Å².